The molecule has 0 unspecified atom stereocenters. The maximum absolute atomic E-state index is 5.67. The smallest absolute Gasteiger partial charge is 0.191 e. The second-order valence-corrected chi connectivity index (χ2v) is 5.78. The van der Waals surface area contributed by atoms with Gasteiger partial charge in [-0.1, -0.05) is 18.2 Å². The summed E-state index contributed by atoms with van der Waals surface area (Å²) in [4.78, 5) is 10.6. The minimum atomic E-state index is 0. The van der Waals surface area contributed by atoms with Gasteiger partial charge in [0.05, 0.1) is 6.61 Å². The van der Waals surface area contributed by atoms with Crippen molar-refractivity contribution in [3.8, 4) is 5.75 Å². The van der Waals surface area contributed by atoms with E-state index in [1.807, 2.05) is 61.6 Å². The molecule has 2 rings (SSSR count). The van der Waals surface area contributed by atoms with Crippen LogP contribution in [0.1, 0.15) is 12.0 Å². The molecule has 0 spiro atoms. The predicted octanol–water partition coefficient (Wildman–Crippen LogP) is 2.90. The number of rotatable bonds is 8. The number of nitrogens with one attached hydrogen (secondary N) is 2. The Kier molecular flexibility index (Phi) is 10.5. The third-order valence-electron chi connectivity index (χ3n) is 3.58. The standard InChI is InChI=1S/C19H27N5O.HI/c1-20-19(22-11-7-13-25-17-8-5-4-6-9-17)23-15-16-10-12-21-18(14-16)24(2)3;/h4-6,8-10,12,14H,7,11,13,15H2,1-3H3,(H2,20,22,23);1H. The average Bonchev–Trinajstić information content (AvgIpc) is 2.65. The molecule has 0 fully saturated rings. The Labute approximate surface area is 173 Å². The molecule has 1 heterocycles. The first-order valence-corrected chi connectivity index (χ1v) is 8.43. The molecule has 0 radical (unpaired) electrons. The van der Waals surface area contributed by atoms with Crippen LogP contribution in [0.5, 0.6) is 5.75 Å². The van der Waals surface area contributed by atoms with Gasteiger partial charge in [0.2, 0.25) is 0 Å². The number of aromatic nitrogens is 1. The van der Waals surface area contributed by atoms with Gasteiger partial charge in [0.1, 0.15) is 11.6 Å². The lowest BCUT2D eigenvalue weighted by Crippen LogP contribution is -2.37. The first-order valence-electron chi connectivity index (χ1n) is 8.43. The first kappa shape index (κ1) is 22.0. The number of pyridine rings is 1. The normalized spacial score (nSPS) is 10.7. The van der Waals surface area contributed by atoms with Crippen molar-refractivity contribution in [2.45, 2.75) is 13.0 Å². The van der Waals surface area contributed by atoms with Crippen LogP contribution >= 0.6 is 24.0 Å². The molecule has 26 heavy (non-hydrogen) atoms. The summed E-state index contributed by atoms with van der Waals surface area (Å²) in [5.74, 6) is 2.63. The minimum absolute atomic E-state index is 0. The average molecular weight is 469 g/mol. The number of benzene rings is 1. The Hall–Kier alpha value is -2.03. The second-order valence-electron chi connectivity index (χ2n) is 5.78. The third-order valence-corrected chi connectivity index (χ3v) is 3.58. The molecule has 0 saturated heterocycles. The number of anilines is 1. The van der Waals surface area contributed by atoms with Crippen LogP contribution in [0.4, 0.5) is 5.82 Å². The van der Waals surface area contributed by atoms with Crippen molar-refractivity contribution in [3.63, 3.8) is 0 Å². The summed E-state index contributed by atoms with van der Waals surface area (Å²) in [5, 5.41) is 6.61. The molecule has 7 heteroatoms. The fraction of sp³-hybridized carbons (Fsp3) is 0.368. The van der Waals surface area contributed by atoms with Crippen LogP contribution in [0, 0.1) is 0 Å². The fourth-order valence-electron chi connectivity index (χ4n) is 2.21. The maximum Gasteiger partial charge on any atom is 0.191 e. The molecule has 142 valence electrons. The lowest BCUT2D eigenvalue weighted by molar-refractivity contribution is 0.311. The number of para-hydroxylation sites is 1. The zero-order chi connectivity index (χ0) is 17.9. The highest BCUT2D eigenvalue weighted by Crippen LogP contribution is 2.09. The third kappa shape index (κ3) is 7.90. The van der Waals surface area contributed by atoms with E-state index in [4.69, 9.17) is 4.74 Å². The zero-order valence-electron chi connectivity index (χ0n) is 15.6. The number of hydrogen-bond donors (Lipinski definition) is 2. The number of nitrogens with zero attached hydrogens (tertiary/aromatic N) is 3. The molecule has 0 saturated carbocycles. The molecule has 0 aliphatic carbocycles. The molecule has 0 atom stereocenters. The van der Waals surface area contributed by atoms with Crippen molar-refractivity contribution >= 4 is 35.8 Å². The van der Waals surface area contributed by atoms with E-state index in [9.17, 15) is 0 Å². The van der Waals surface area contributed by atoms with E-state index in [0.717, 1.165) is 36.1 Å². The molecule has 1 aromatic carbocycles. The summed E-state index contributed by atoms with van der Waals surface area (Å²) < 4.78 is 5.67. The molecular weight excluding hydrogens is 441 g/mol. The highest BCUT2D eigenvalue weighted by atomic mass is 127. The van der Waals surface area contributed by atoms with Crippen LogP contribution in [0.2, 0.25) is 0 Å². The van der Waals surface area contributed by atoms with E-state index in [1.165, 1.54) is 0 Å². The Bertz CT molecular complexity index is 664. The zero-order valence-corrected chi connectivity index (χ0v) is 17.9. The SMILES string of the molecule is CN=C(NCCCOc1ccccc1)NCc1ccnc(N(C)C)c1.I. The predicted molar refractivity (Wildman–Crippen MR) is 119 cm³/mol. The Morgan fingerprint density at radius 1 is 1.15 bits per heavy atom. The number of ether oxygens (including phenoxy) is 1. The number of aliphatic imine (C=N–C) groups is 1. The van der Waals surface area contributed by atoms with Gasteiger partial charge in [-0.3, -0.25) is 4.99 Å². The lowest BCUT2D eigenvalue weighted by Gasteiger charge is -2.14. The molecule has 0 amide bonds. The highest BCUT2D eigenvalue weighted by Gasteiger charge is 2.01. The summed E-state index contributed by atoms with van der Waals surface area (Å²) in [7, 11) is 5.74. The van der Waals surface area contributed by atoms with E-state index >= 15 is 0 Å². The van der Waals surface area contributed by atoms with Gasteiger partial charge in [-0.2, -0.15) is 0 Å². The number of hydrogen-bond acceptors (Lipinski definition) is 4. The highest BCUT2D eigenvalue weighted by molar-refractivity contribution is 14.0. The van der Waals surface area contributed by atoms with E-state index in [0.29, 0.717) is 13.2 Å². The Morgan fingerprint density at radius 2 is 1.92 bits per heavy atom. The summed E-state index contributed by atoms with van der Waals surface area (Å²) in [6, 6.07) is 13.9. The van der Waals surface area contributed by atoms with Gasteiger partial charge in [0, 0.05) is 40.4 Å². The van der Waals surface area contributed by atoms with Gasteiger partial charge in [-0.15, -0.1) is 24.0 Å². The van der Waals surface area contributed by atoms with Gasteiger partial charge >= 0.3 is 0 Å². The van der Waals surface area contributed by atoms with E-state index in [1.54, 1.807) is 7.05 Å². The van der Waals surface area contributed by atoms with Crippen LogP contribution in [0.3, 0.4) is 0 Å². The largest absolute Gasteiger partial charge is 0.494 e. The van der Waals surface area contributed by atoms with E-state index in [-0.39, 0.29) is 24.0 Å². The topological polar surface area (TPSA) is 61.8 Å². The minimum Gasteiger partial charge on any atom is -0.494 e. The number of halogens is 1. The van der Waals surface area contributed by atoms with Crippen molar-refractivity contribution < 1.29 is 4.74 Å². The van der Waals surface area contributed by atoms with E-state index < -0.39 is 0 Å². The lowest BCUT2D eigenvalue weighted by atomic mass is 10.2. The molecule has 0 aliphatic rings. The van der Waals surface area contributed by atoms with Crippen LogP contribution in [0.15, 0.2) is 53.7 Å². The maximum atomic E-state index is 5.67. The van der Waals surface area contributed by atoms with Crippen LogP contribution in [-0.4, -0.2) is 45.2 Å². The second kappa shape index (κ2) is 12.3. The van der Waals surface area contributed by atoms with Crippen molar-refractivity contribution in [2.24, 2.45) is 4.99 Å². The molecule has 2 N–H and O–H groups in total. The van der Waals surface area contributed by atoms with Crippen molar-refractivity contribution in [1.82, 2.24) is 15.6 Å². The molecule has 1 aromatic heterocycles. The Morgan fingerprint density at radius 3 is 2.62 bits per heavy atom. The molecule has 2 aromatic rings. The van der Waals surface area contributed by atoms with Gasteiger partial charge in [-0.05, 0) is 36.2 Å². The summed E-state index contributed by atoms with van der Waals surface area (Å²) in [5.41, 5.74) is 1.16. The van der Waals surface area contributed by atoms with Crippen molar-refractivity contribution in [2.75, 3.05) is 39.2 Å². The summed E-state index contributed by atoms with van der Waals surface area (Å²) in [6.45, 7) is 2.17. The van der Waals surface area contributed by atoms with Crippen LogP contribution in [0.25, 0.3) is 0 Å². The van der Waals surface area contributed by atoms with Crippen LogP contribution in [-0.2, 0) is 6.54 Å². The van der Waals surface area contributed by atoms with Crippen molar-refractivity contribution in [3.05, 3.63) is 54.2 Å². The summed E-state index contributed by atoms with van der Waals surface area (Å²) in [6.07, 6.45) is 2.72. The quantitative estimate of drug-likeness (QED) is 0.270. The molecule has 0 aliphatic heterocycles. The van der Waals surface area contributed by atoms with Gasteiger partial charge < -0.3 is 20.3 Å². The number of guanidine groups is 1. The van der Waals surface area contributed by atoms with Gasteiger partial charge in [0.15, 0.2) is 5.96 Å². The Balaban J connectivity index is 0.00000338. The first-order chi connectivity index (χ1) is 12.2. The fourth-order valence-corrected chi connectivity index (χ4v) is 2.21. The van der Waals surface area contributed by atoms with E-state index in [2.05, 4.69) is 26.7 Å². The van der Waals surface area contributed by atoms with Gasteiger partial charge in [0.25, 0.3) is 0 Å². The van der Waals surface area contributed by atoms with Crippen LogP contribution < -0.4 is 20.3 Å². The van der Waals surface area contributed by atoms with Crippen molar-refractivity contribution in [1.29, 1.82) is 0 Å². The molecule has 6 nitrogen and oxygen atoms in total. The van der Waals surface area contributed by atoms with Gasteiger partial charge in [-0.25, -0.2) is 4.98 Å². The molecular formula is C19H28IN5O. The summed E-state index contributed by atoms with van der Waals surface area (Å²) >= 11 is 0. The monoisotopic (exact) mass is 469 g/mol. The molecule has 0 bridgehead atoms.